The summed E-state index contributed by atoms with van der Waals surface area (Å²) < 4.78 is 21.1. The lowest BCUT2D eigenvalue weighted by Crippen LogP contribution is -2.09. The topological polar surface area (TPSA) is 101 Å². The molecule has 0 amide bonds. The molecule has 4 rings (SSSR count). The van der Waals surface area contributed by atoms with Crippen LogP contribution in [0.25, 0.3) is 6.08 Å². The number of fused-ring (bicyclic) bond motifs is 1. The molecule has 0 fully saturated rings. The monoisotopic (exact) mass is 406 g/mol. The number of pyridine rings is 1. The van der Waals surface area contributed by atoms with Crippen molar-refractivity contribution < 1.29 is 28.3 Å². The third-order valence-electron chi connectivity index (χ3n) is 4.46. The number of hydrogen-bond donors (Lipinski definition) is 0. The van der Waals surface area contributed by atoms with Gasteiger partial charge in [-0.2, -0.15) is 0 Å². The zero-order valence-corrected chi connectivity index (χ0v) is 16.4. The van der Waals surface area contributed by atoms with E-state index < -0.39 is 5.97 Å². The lowest BCUT2D eigenvalue weighted by atomic mass is 10.0. The molecule has 0 unspecified atom stereocenters. The molecule has 3 aromatic rings. The molecule has 0 spiro atoms. The SMILES string of the molecule is COc1cc(CCC(=O)Oc2cc(C)c3c(c2)O/C(=C\c2ccccn2)C3=O)on1. The summed E-state index contributed by atoms with van der Waals surface area (Å²) in [5.41, 5.74) is 1.72. The van der Waals surface area contributed by atoms with Crippen molar-refractivity contribution in [2.45, 2.75) is 19.8 Å². The third-order valence-corrected chi connectivity index (χ3v) is 4.46. The average Bonchev–Trinajstić information content (AvgIpc) is 3.32. The number of ketones is 1. The van der Waals surface area contributed by atoms with Gasteiger partial charge in [0.1, 0.15) is 17.3 Å². The van der Waals surface area contributed by atoms with E-state index in [1.165, 1.54) is 13.2 Å². The molecule has 3 heterocycles. The van der Waals surface area contributed by atoms with Crippen LogP contribution in [0, 0.1) is 6.92 Å². The normalized spacial score (nSPS) is 13.8. The van der Waals surface area contributed by atoms with E-state index in [9.17, 15) is 9.59 Å². The summed E-state index contributed by atoms with van der Waals surface area (Å²) in [4.78, 5) is 29.1. The van der Waals surface area contributed by atoms with E-state index in [2.05, 4.69) is 10.1 Å². The Labute approximate surface area is 172 Å². The van der Waals surface area contributed by atoms with Gasteiger partial charge in [0, 0.05) is 30.8 Å². The van der Waals surface area contributed by atoms with Crippen LogP contribution < -0.4 is 14.2 Å². The molecule has 0 aliphatic carbocycles. The molecular weight excluding hydrogens is 388 g/mol. The summed E-state index contributed by atoms with van der Waals surface area (Å²) in [6, 6.07) is 10.2. The smallest absolute Gasteiger partial charge is 0.311 e. The molecule has 0 bridgehead atoms. The van der Waals surface area contributed by atoms with E-state index in [1.807, 2.05) is 6.07 Å². The molecule has 1 aliphatic heterocycles. The second-order valence-corrected chi connectivity index (χ2v) is 6.62. The van der Waals surface area contributed by atoms with Gasteiger partial charge >= 0.3 is 5.97 Å². The maximum Gasteiger partial charge on any atom is 0.311 e. The second-order valence-electron chi connectivity index (χ2n) is 6.62. The standard InChI is InChI=1S/C22H18N2O6/c1-13-9-16(28-20(25)7-6-15-12-19(27-2)24-30-15)11-17-21(13)22(26)18(29-17)10-14-5-3-4-8-23-14/h3-5,8-12H,6-7H2,1-2H3/b18-10-. The second kappa shape index (κ2) is 8.20. The van der Waals surface area contributed by atoms with Crippen molar-refractivity contribution in [3.63, 3.8) is 0 Å². The van der Waals surface area contributed by atoms with Crippen LogP contribution in [0.2, 0.25) is 0 Å². The van der Waals surface area contributed by atoms with Gasteiger partial charge < -0.3 is 18.7 Å². The fraction of sp³-hybridized carbons (Fsp3) is 0.182. The van der Waals surface area contributed by atoms with Gasteiger partial charge in [-0.05, 0) is 35.8 Å². The van der Waals surface area contributed by atoms with Crippen LogP contribution in [0.5, 0.6) is 17.4 Å². The van der Waals surface area contributed by atoms with Gasteiger partial charge in [-0.1, -0.05) is 6.07 Å². The van der Waals surface area contributed by atoms with E-state index >= 15 is 0 Å². The zero-order valence-electron chi connectivity index (χ0n) is 16.4. The summed E-state index contributed by atoms with van der Waals surface area (Å²) in [6.07, 6.45) is 3.64. The summed E-state index contributed by atoms with van der Waals surface area (Å²) in [5, 5.41) is 3.68. The first kappa shape index (κ1) is 19.4. The number of aryl methyl sites for hydroxylation is 2. The Kier molecular flexibility index (Phi) is 5.30. The molecule has 30 heavy (non-hydrogen) atoms. The van der Waals surface area contributed by atoms with Crippen molar-refractivity contribution in [1.29, 1.82) is 0 Å². The number of allylic oxidation sites excluding steroid dienone is 1. The van der Waals surface area contributed by atoms with Crippen LogP contribution >= 0.6 is 0 Å². The molecule has 2 aromatic heterocycles. The van der Waals surface area contributed by atoms with Crippen LogP contribution in [-0.4, -0.2) is 29.0 Å². The van der Waals surface area contributed by atoms with E-state index in [1.54, 1.807) is 43.5 Å². The Bertz CT molecular complexity index is 1130. The van der Waals surface area contributed by atoms with Gasteiger partial charge in [0.25, 0.3) is 5.88 Å². The van der Waals surface area contributed by atoms with E-state index in [4.69, 9.17) is 18.7 Å². The Morgan fingerprint density at radius 3 is 2.83 bits per heavy atom. The number of carbonyl (C=O) groups is 2. The summed E-state index contributed by atoms with van der Waals surface area (Å²) in [6.45, 7) is 1.77. The largest absolute Gasteiger partial charge is 0.479 e. The fourth-order valence-corrected chi connectivity index (χ4v) is 3.05. The highest BCUT2D eigenvalue weighted by molar-refractivity contribution is 6.15. The number of carbonyl (C=O) groups excluding carboxylic acids is 2. The quantitative estimate of drug-likeness (QED) is 0.348. The van der Waals surface area contributed by atoms with Gasteiger partial charge in [-0.15, -0.1) is 0 Å². The minimum Gasteiger partial charge on any atom is -0.479 e. The Morgan fingerprint density at radius 1 is 1.23 bits per heavy atom. The van der Waals surface area contributed by atoms with Gasteiger partial charge in [-0.3, -0.25) is 14.6 Å². The van der Waals surface area contributed by atoms with Crippen LogP contribution in [0.3, 0.4) is 0 Å². The number of ether oxygens (including phenoxy) is 3. The molecule has 152 valence electrons. The molecule has 1 aromatic carbocycles. The predicted molar refractivity (Wildman–Crippen MR) is 105 cm³/mol. The molecular formula is C22H18N2O6. The first-order valence-corrected chi connectivity index (χ1v) is 9.23. The minimum absolute atomic E-state index is 0.0963. The fourth-order valence-electron chi connectivity index (χ4n) is 3.05. The Balaban J connectivity index is 1.45. The Morgan fingerprint density at radius 2 is 2.10 bits per heavy atom. The molecule has 0 saturated carbocycles. The highest BCUT2D eigenvalue weighted by Crippen LogP contribution is 2.37. The van der Waals surface area contributed by atoms with Crippen LogP contribution in [0.15, 0.2) is 52.9 Å². The van der Waals surface area contributed by atoms with Crippen molar-refractivity contribution in [2.24, 2.45) is 0 Å². The molecule has 8 heteroatoms. The first-order valence-electron chi connectivity index (χ1n) is 9.23. The highest BCUT2D eigenvalue weighted by Gasteiger charge is 2.30. The molecule has 0 atom stereocenters. The molecule has 8 nitrogen and oxygen atoms in total. The average molecular weight is 406 g/mol. The number of Topliss-reactive ketones (excluding diaryl/α,β-unsaturated/α-hetero) is 1. The van der Waals surface area contributed by atoms with Crippen molar-refractivity contribution in [3.05, 3.63) is 70.9 Å². The number of benzene rings is 1. The summed E-state index contributed by atoms with van der Waals surface area (Å²) in [7, 11) is 1.48. The van der Waals surface area contributed by atoms with Crippen molar-refractivity contribution in [1.82, 2.24) is 10.1 Å². The summed E-state index contributed by atoms with van der Waals surface area (Å²) >= 11 is 0. The number of methoxy groups -OCH3 is 1. The van der Waals surface area contributed by atoms with Crippen molar-refractivity contribution in [3.8, 4) is 17.4 Å². The Hall–Kier alpha value is -3.94. The molecule has 0 saturated heterocycles. The number of nitrogens with zero attached hydrogens (tertiary/aromatic N) is 2. The van der Waals surface area contributed by atoms with Crippen molar-refractivity contribution in [2.75, 3.05) is 7.11 Å². The van der Waals surface area contributed by atoms with Gasteiger partial charge in [0.2, 0.25) is 5.78 Å². The third kappa shape index (κ3) is 4.07. The summed E-state index contributed by atoms with van der Waals surface area (Å²) in [5.74, 6) is 1.03. The van der Waals surface area contributed by atoms with Crippen molar-refractivity contribution >= 4 is 17.8 Å². The number of esters is 1. The van der Waals surface area contributed by atoms with E-state index in [0.717, 1.165) is 0 Å². The number of hydrogen-bond acceptors (Lipinski definition) is 8. The maximum atomic E-state index is 12.7. The van der Waals surface area contributed by atoms with E-state index in [0.29, 0.717) is 46.4 Å². The number of rotatable bonds is 6. The lowest BCUT2D eigenvalue weighted by molar-refractivity contribution is -0.134. The predicted octanol–water partition coefficient (Wildman–Crippen LogP) is 3.54. The highest BCUT2D eigenvalue weighted by atomic mass is 16.5. The number of aromatic nitrogens is 2. The lowest BCUT2D eigenvalue weighted by Gasteiger charge is -2.07. The zero-order chi connectivity index (χ0) is 21.1. The van der Waals surface area contributed by atoms with Gasteiger partial charge in [0.05, 0.1) is 24.8 Å². The molecule has 1 aliphatic rings. The van der Waals surface area contributed by atoms with E-state index in [-0.39, 0.29) is 18.0 Å². The minimum atomic E-state index is -0.446. The van der Waals surface area contributed by atoms with Crippen LogP contribution in [-0.2, 0) is 11.2 Å². The van der Waals surface area contributed by atoms with Gasteiger partial charge in [-0.25, -0.2) is 0 Å². The molecule has 0 radical (unpaired) electrons. The van der Waals surface area contributed by atoms with Crippen LogP contribution in [0.4, 0.5) is 0 Å². The molecule has 0 N–H and O–H groups in total. The van der Waals surface area contributed by atoms with Crippen LogP contribution in [0.1, 0.15) is 33.8 Å². The maximum absolute atomic E-state index is 12.7. The van der Waals surface area contributed by atoms with Gasteiger partial charge in [0.15, 0.2) is 5.76 Å². The first-order chi connectivity index (χ1) is 14.5.